The molecule has 4 aromatic heterocycles. The third-order valence-corrected chi connectivity index (χ3v) is 17.9. The highest BCUT2D eigenvalue weighted by molar-refractivity contribution is 7.06. The lowest BCUT2D eigenvalue weighted by Crippen LogP contribution is -2.50. The van der Waals surface area contributed by atoms with Crippen molar-refractivity contribution in [3.05, 3.63) is 69.5 Å². The molecule has 0 spiro atoms. The van der Waals surface area contributed by atoms with Crippen LogP contribution < -0.4 is 64.2 Å². The number of aryl methyl sites for hydroxylation is 3. The summed E-state index contributed by atoms with van der Waals surface area (Å²) in [6.45, 7) is 3.38. The quantitative estimate of drug-likeness (QED) is 0.0239. The first-order valence-electron chi connectivity index (χ1n) is 31.4. The van der Waals surface area contributed by atoms with Gasteiger partial charge in [-0.3, -0.25) is 38.4 Å². The van der Waals surface area contributed by atoms with Gasteiger partial charge in [0.05, 0.1) is 33.4 Å². The number of halogens is 1. The Morgan fingerprint density at radius 3 is 1.51 bits per heavy atom. The first-order chi connectivity index (χ1) is 42.0. The van der Waals surface area contributed by atoms with Crippen LogP contribution in [0.3, 0.4) is 0 Å². The molecule has 3 aliphatic carbocycles. The highest BCUT2D eigenvalue weighted by Gasteiger charge is 2.28. The van der Waals surface area contributed by atoms with Gasteiger partial charge in [0.25, 0.3) is 23.6 Å². The van der Waals surface area contributed by atoms with Crippen molar-refractivity contribution < 1.29 is 38.4 Å². The normalized spacial score (nSPS) is 15.7. The number of aromatic nitrogens is 4. The monoisotopic (exact) mass is 1240 g/mol. The van der Waals surface area contributed by atoms with E-state index >= 15 is 0 Å². The van der Waals surface area contributed by atoms with Gasteiger partial charge in [-0.1, -0.05) is 69.4 Å². The molecule has 4 aromatic rings. The molecule has 3 saturated carbocycles. The van der Waals surface area contributed by atoms with Crippen LogP contribution >= 0.6 is 23.1 Å². The Morgan fingerprint density at radius 1 is 0.529 bits per heavy atom. The second-order valence-corrected chi connectivity index (χ2v) is 24.7. The van der Waals surface area contributed by atoms with Crippen LogP contribution in [0.15, 0.2) is 36.8 Å². The van der Waals surface area contributed by atoms with E-state index in [4.69, 9.17) is 17.3 Å². The van der Waals surface area contributed by atoms with Crippen molar-refractivity contribution in [1.82, 2.24) is 60.6 Å². The summed E-state index contributed by atoms with van der Waals surface area (Å²) in [5.74, 6) is -3.58. The third-order valence-electron chi connectivity index (χ3n) is 16.4. The van der Waals surface area contributed by atoms with E-state index in [0.717, 1.165) is 56.9 Å². The first-order valence-corrected chi connectivity index (χ1v) is 32.6. The van der Waals surface area contributed by atoms with E-state index in [0.29, 0.717) is 72.4 Å². The van der Waals surface area contributed by atoms with Crippen molar-refractivity contribution in [3.8, 4) is 0 Å². The largest absolute Gasteiger partial charge is 0.356 e. The Kier molecular flexibility index (Phi) is 27.6. The summed E-state index contributed by atoms with van der Waals surface area (Å²) >= 11 is 7.73. The van der Waals surface area contributed by atoms with Crippen molar-refractivity contribution in [2.45, 2.75) is 178 Å². The van der Waals surface area contributed by atoms with Gasteiger partial charge in [0.15, 0.2) is 5.69 Å². The SMILES string of the molecule is Cn1cc(NC(=O)c2nsc(C(N)CCCNC3CCCCC3)c2Cl)cc1C(=O)NCCCC(=O)Nc1cc(C(=O)NCCC(=O)Nc2cc(C(=O)NC(CC(=O)NCCCNC3CCCCC3)C(=O)NCCCNC3CCCCC3)n(C)c2)n(C)c1. The number of rotatable bonds is 34. The van der Waals surface area contributed by atoms with E-state index in [1.54, 1.807) is 48.9 Å². The van der Waals surface area contributed by atoms with Crippen molar-refractivity contribution in [2.24, 2.45) is 26.9 Å². The van der Waals surface area contributed by atoms with E-state index in [-0.39, 0.29) is 78.0 Å². The predicted octanol–water partition coefficient (Wildman–Crippen LogP) is 6.02. The number of hydrogen-bond donors (Lipinski definition) is 12. The van der Waals surface area contributed by atoms with Crippen molar-refractivity contribution >= 4 is 87.5 Å². The van der Waals surface area contributed by atoms with E-state index in [2.05, 4.69) is 62.9 Å². The van der Waals surface area contributed by atoms with Crippen molar-refractivity contribution in [2.75, 3.05) is 61.8 Å². The van der Waals surface area contributed by atoms with Crippen LogP contribution in [0.5, 0.6) is 0 Å². The van der Waals surface area contributed by atoms with Crippen LogP contribution in [-0.4, -0.2) is 135 Å². The Balaban J connectivity index is 0.788. The van der Waals surface area contributed by atoms with Gasteiger partial charge in [-0.2, -0.15) is 4.37 Å². The smallest absolute Gasteiger partial charge is 0.276 e. The number of anilines is 3. The Labute approximate surface area is 520 Å². The molecule has 7 rings (SSSR count). The average molecular weight is 1250 g/mol. The maximum absolute atomic E-state index is 13.7. The van der Waals surface area contributed by atoms with Crippen LogP contribution in [0.1, 0.15) is 201 Å². The Hall–Kier alpha value is -6.64. The summed E-state index contributed by atoms with van der Waals surface area (Å²) in [6.07, 6.45) is 26.2. The molecule has 24 nitrogen and oxygen atoms in total. The van der Waals surface area contributed by atoms with Crippen molar-refractivity contribution in [3.63, 3.8) is 0 Å². The van der Waals surface area contributed by atoms with Crippen molar-refractivity contribution in [1.29, 1.82) is 0 Å². The van der Waals surface area contributed by atoms with E-state index in [9.17, 15) is 38.4 Å². The first kappa shape index (κ1) is 67.9. The lowest BCUT2D eigenvalue weighted by atomic mass is 9.95. The Bertz CT molecular complexity index is 2920. The molecule has 0 saturated heterocycles. The number of nitrogens with one attached hydrogen (secondary N) is 11. The summed E-state index contributed by atoms with van der Waals surface area (Å²) < 4.78 is 8.93. The zero-order valence-electron chi connectivity index (χ0n) is 51.0. The summed E-state index contributed by atoms with van der Waals surface area (Å²) in [5, 5.41) is 33.4. The zero-order chi connectivity index (χ0) is 62.1. The van der Waals surface area contributed by atoms with Gasteiger partial charge >= 0.3 is 0 Å². The summed E-state index contributed by atoms with van der Waals surface area (Å²) in [4.78, 5) is 107. The van der Waals surface area contributed by atoms with Crippen LogP contribution in [0.4, 0.5) is 17.1 Å². The number of carbonyl (C=O) groups excluding carboxylic acids is 8. The maximum atomic E-state index is 13.7. The minimum Gasteiger partial charge on any atom is -0.356 e. The lowest BCUT2D eigenvalue weighted by Gasteiger charge is -2.23. The van der Waals surface area contributed by atoms with Gasteiger partial charge in [0.2, 0.25) is 23.6 Å². The molecule has 87 heavy (non-hydrogen) atoms. The van der Waals surface area contributed by atoms with Crippen LogP contribution in [0.25, 0.3) is 0 Å². The number of hydrogen-bond acceptors (Lipinski definition) is 14. The minimum absolute atomic E-state index is 0.0226. The van der Waals surface area contributed by atoms with E-state index in [1.165, 1.54) is 106 Å². The van der Waals surface area contributed by atoms with Gasteiger partial charge in [-0.25, -0.2) is 0 Å². The zero-order valence-corrected chi connectivity index (χ0v) is 52.6. The van der Waals surface area contributed by atoms with Gasteiger partial charge < -0.3 is 77.9 Å². The molecular formula is C61H93ClN16O8S. The molecular weight excluding hydrogens is 1150 g/mol. The molecule has 0 radical (unpaired) electrons. The number of amides is 8. The molecule has 26 heteroatoms. The van der Waals surface area contributed by atoms with Crippen LogP contribution in [0.2, 0.25) is 5.02 Å². The summed E-state index contributed by atoms with van der Waals surface area (Å²) in [5.41, 5.74) is 8.28. The molecule has 2 unspecified atom stereocenters. The molecule has 0 bridgehead atoms. The Morgan fingerprint density at radius 2 is 0.977 bits per heavy atom. The molecule has 0 aromatic carbocycles. The van der Waals surface area contributed by atoms with E-state index in [1.807, 2.05) is 0 Å². The fraction of sp³-hybridized carbons (Fsp3) is 0.623. The molecule has 3 aliphatic rings. The summed E-state index contributed by atoms with van der Waals surface area (Å²) in [7, 11) is 4.95. The highest BCUT2D eigenvalue weighted by Crippen LogP contribution is 2.32. The molecule has 2 atom stereocenters. The second-order valence-electron chi connectivity index (χ2n) is 23.5. The van der Waals surface area contributed by atoms with Gasteiger partial charge in [-0.05, 0) is 120 Å². The van der Waals surface area contributed by atoms with E-state index < -0.39 is 41.5 Å². The molecule has 478 valence electrons. The lowest BCUT2D eigenvalue weighted by molar-refractivity contribution is -0.128. The number of nitrogens with zero attached hydrogens (tertiary/aromatic N) is 4. The minimum atomic E-state index is -1.14. The highest BCUT2D eigenvalue weighted by atomic mass is 35.5. The average Bonchev–Trinajstić information content (AvgIpc) is 2.51. The molecule has 8 amide bonds. The molecule has 3 fully saturated rings. The topological polar surface area (TPSA) is 323 Å². The third kappa shape index (κ3) is 22.2. The standard InChI is InChI=1S/C61H93ClN16O8S/c1-76-37-43(71-51(79)24-14-27-69-58(83)49-35-45(39-77(49)2)73-61(86)55-54(62)56(87-75-55)46(63)23-13-26-64-40-17-7-4-8-18-40)33-48(76)59(84)70-32-25-52(80)72-44-34-50(78(3)38-44)60(85)74-47(57(82)68-31-16-29-66-42-21-11-6-12-22-42)36-53(81)67-30-15-28-65-41-19-9-5-10-20-41/h33-35,37-42,46-47,64-66H,4-32,36,63H2,1-3H3,(H,67,81)(H,68,82)(H,69,83)(H,70,84)(H,71,79)(H,72,80)(H,73,86)(H,74,85). The van der Waals surface area contributed by atoms with Crippen LogP contribution in [0, 0.1) is 0 Å². The maximum Gasteiger partial charge on any atom is 0.276 e. The van der Waals surface area contributed by atoms with Gasteiger partial charge in [0, 0.05) is 103 Å². The van der Waals surface area contributed by atoms with Gasteiger partial charge in [-0.15, -0.1) is 0 Å². The fourth-order valence-electron chi connectivity index (χ4n) is 11.5. The fourth-order valence-corrected chi connectivity index (χ4v) is 12.7. The summed E-state index contributed by atoms with van der Waals surface area (Å²) in [6, 6.07) is 4.62. The number of nitrogens with two attached hydrogens (primary N) is 1. The molecule has 0 aliphatic heterocycles. The second kappa shape index (κ2) is 35.4. The molecule has 13 N–H and O–H groups in total. The predicted molar refractivity (Wildman–Crippen MR) is 339 cm³/mol. The van der Waals surface area contributed by atoms with Gasteiger partial charge in [0.1, 0.15) is 23.1 Å². The van der Waals surface area contributed by atoms with Crippen LogP contribution in [-0.2, 0) is 40.3 Å². The number of carbonyl (C=O) groups is 8. The molecule has 4 heterocycles.